The molecule has 10 heavy (non-hydrogen) atoms. The standard InChI is InChI=1S/C7H9NO2/c8-6-3-1-2-5(4-6)7(9)10/h1-2,4,6H,3,8H2,(H,9,10). The Morgan fingerprint density at radius 1 is 1.80 bits per heavy atom. The van der Waals surface area contributed by atoms with E-state index in [-0.39, 0.29) is 6.04 Å². The minimum atomic E-state index is -0.911. The average molecular weight is 139 g/mol. The lowest BCUT2D eigenvalue weighted by Gasteiger charge is -2.08. The lowest BCUT2D eigenvalue weighted by Crippen LogP contribution is -2.19. The highest BCUT2D eigenvalue weighted by Gasteiger charge is 2.08. The molecule has 0 bridgehead atoms. The lowest BCUT2D eigenvalue weighted by atomic mass is 10.0. The van der Waals surface area contributed by atoms with Gasteiger partial charge in [-0.15, -0.1) is 0 Å². The van der Waals surface area contributed by atoms with Gasteiger partial charge in [-0.2, -0.15) is 0 Å². The van der Waals surface area contributed by atoms with Gasteiger partial charge in [0.1, 0.15) is 0 Å². The number of hydrogen-bond acceptors (Lipinski definition) is 2. The zero-order chi connectivity index (χ0) is 7.56. The molecule has 0 radical (unpaired) electrons. The van der Waals surface area contributed by atoms with E-state index in [1.165, 1.54) is 0 Å². The van der Waals surface area contributed by atoms with Crippen molar-refractivity contribution in [1.29, 1.82) is 0 Å². The minimum Gasteiger partial charge on any atom is -0.478 e. The first-order valence-corrected chi connectivity index (χ1v) is 3.07. The number of rotatable bonds is 1. The summed E-state index contributed by atoms with van der Waals surface area (Å²) in [4.78, 5) is 10.3. The van der Waals surface area contributed by atoms with Crippen LogP contribution >= 0.6 is 0 Å². The molecule has 3 heteroatoms. The first-order chi connectivity index (χ1) is 4.70. The Morgan fingerprint density at radius 2 is 2.50 bits per heavy atom. The maximum Gasteiger partial charge on any atom is 0.335 e. The highest BCUT2D eigenvalue weighted by atomic mass is 16.4. The van der Waals surface area contributed by atoms with E-state index in [9.17, 15) is 4.79 Å². The normalized spacial score (nSPS) is 24.1. The van der Waals surface area contributed by atoms with Gasteiger partial charge < -0.3 is 10.8 Å². The third kappa shape index (κ3) is 1.45. The van der Waals surface area contributed by atoms with Crippen LogP contribution in [0.1, 0.15) is 6.42 Å². The zero-order valence-corrected chi connectivity index (χ0v) is 5.45. The summed E-state index contributed by atoms with van der Waals surface area (Å²) in [6.45, 7) is 0. The summed E-state index contributed by atoms with van der Waals surface area (Å²) in [6.07, 6.45) is 5.64. The molecule has 3 nitrogen and oxygen atoms in total. The van der Waals surface area contributed by atoms with Gasteiger partial charge in [0.25, 0.3) is 0 Å². The maximum atomic E-state index is 10.3. The molecule has 0 amide bonds. The van der Waals surface area contributed by atoms with E-state index in [1.54, 1.807) is 18.2 Å². The second-order valence-corrected chi connectivity index (χ2v) is 2.23. The Labute approximate surface area is 58.8 Å². The molecule has 1 unspecified atom stereocenters. The number of aliphatic carboxylic acids is 1. The lowest BCUT2D eigenvalue weighted by molar-refractivity contribution is -0.132. The van der Waals surface area contributed by atoms with Crippen LogP contribution in [0, 0.1) is 0 Å². The molecule has 0 heterocycles. The average Bonchev–Trinajstić information content (AvgIpc) is 1.88. The van der Waals surface area contributed by atoms with Crippen molar-refractivity contribution in [3.8, 4) is 0 Å². The molecule has 0 spiro atoms. The van der Waals surface area contributed by atoms with Crippen molar-refractivity contribution >= 4 is 5.97 Å². The molecule has 0 fully saturated rings. The quantitative estimate of drug-likeness (QED) is 0.548. The van der Waals surface area contributed by atoms with E-state index >= 15 is 0 Å². The number of carbonyl (C=O) groups is 1. The highest BCUT2D eigenvalue weighted by Crippen LogP contribution is 2.08. The topological polar surface area (TPSA) is 63.3 Å². The summed E-state index contributed by atoms with van der Waals surface area (Å²) in [6, 6.07) is -0.129. The van der Waals surface area contributed by atoms with Crippen molar-refractivity contribution in [1.82, 2.24) is 0 Å². The van der Waals surface area contributed by atoms with Gasteiger partial charge in [-0.05, 0) is 6.42 Å². The van der Waals surface area contributed by atoms with Crippen LogP contribution < -0.4 is 5.73 Å². The van der Waals surface area contributed by atoms with Gasteiger partial charge in [0.2, 0.25) is 0 Å². The molecule has 0 aliphatic heterocycles. The number of carboxylic acid groups (broad SMARTS) is 1. The van der Waals surface area contributed by atoms with Crippen LogP contribution in [0.2, 0.25) is 0 Å². The number of carboxylic acids is 1. The maximum absolute atomic E-state index is 10.3. The van der Waals surface area contributed by atoms with Gasteiger partial charge in [-0.1, -0.05) is 18.2 Å². The third-order valence-electron chi connectivity index (χ3n) is 1.35. The highest BCUT2D eigenvalue weighted by molar-refractivity contribution is 5.90. The zero-order valence-electron chi connectivity index (χ0n) is 5.45. The summed E-state index contributed by atoms with van der Waals surface area (Å²) in [7, 11) is 0. The predicted molar refractivity (Wildman–Crippen MR) is 37.5 cm³/mol. The Morgan fingerprint density at radius 3 is 2.90 bits per heavy atom. The molecular formula is C7H9NO2. The molecule has 1 atom stereocenters. The first-order valence-electron chi connectivity index (χ1n) is 3.07. The van der Waals surface area contributed by atoms with Crippen LogP contribution in [0.25, 0.3) is 0 Å². The molecule has 0 aromatic carbocycles. The molecule has 1 aliphatic carbocycles. The van der Waals surface area contributed by atoms with Gasteiger partial charge in [-0.25, -0.2) is 4.79 Å². The Kier molecular flexibility index (Phi) is 1.87. The number of nitrogens with two attached hydrogens (primary N) is 1. The van der Waals surface area contributed by atoms with Gasteiger partial charge in [0, 0.05) is 6.04 Å². The molecule has 3 N–H and O–H groups in total. The van der Waals surface area contributed by atoms with Crippen molar-refractivity contribution in [3.63, 3.8) is 0 Å². The second kappa shape index (κ2) is 2.66. The van der Waals surface area contributed by atoms with Crippen LogP contribution in [-0.4, -0.2) is 17.1 Å². The molecule has 1 rings (SSSR count). The molecule has 1 aliphatic rings. The van der Waals surface area contributed by atoms with E-state index < -0.39 is 5.97 Å². The van der Waals surface area contributed by atoms with Crippen LogP contribution in [-0.2, 0) is 4.79 Å². The van der Waals surface area contributed by atoms with Crippen molar-refractivity contribution < 1.29 is 9.90 Å². The van der Waals surface area contributed by atoms with Crippen LogP contribution in [0.3, 0.4) is 0 Å². The fourth-order valence-corrected chi connectivity index (χ4v) is 0.849. The molecular weight excluding hydrogens is 130 g/mol. The predicted octanol–water partition coefficient (Wildman–Crippen LogP) is 0.285. The summed E-state index contributed by atoms with van der Waals surface area (Å²) in [5.74, 6) is -0.911. The molecule has 0 saturated carbocycles. The summed E-state index contributed by atoms with van der Waals surface area (Å²) in [5.41, 5.74) is 5.76. The Balaban J connectivity index is 2.76. The number of hydrogen-bond donors (Lipinski definition) is 2. The Hall–Kier alpha value is -1.09. The summed E-state index contributed by atoms with van der Waals surface area (Å²) < 4.78 is 0. The molecule has 0 aromatic rings. The Bertz CT molecular complexity index is 206. The van der Waals surface area contributed by atoms with Gasteiger partial charge >= 0.3 is 5.97 Å². The van der Waals surface area contributed by atoms with E-state index in [0.717, 1.165) is 6.42 Å². The van der Waals surface area contributed by atoms with Crippen LogP contribution in [0.4, 0.5) is 0 Å². The van der Waals surface area contributed by atoms with E-state index in [4.69, 9.17) is 10.8 Å². The van der Waals surface area contributed by atoms with Crippen molar-refractivity contribution in [3.05, 3.63) is 23.8 Å². The fourth-order valence-electron chi connectivity index (χ4n) is 0.849. The SMILES string of the molecule is NC1C=C(C(=O)O)C=CC1. The van der Waals surface area contributed by atoms with Gasteiger partial charge in [0.05, 0.1) is 5.57 Å². The second-order valence-electron chi connectivity index (χ2n) is 2.23. The van der Waals surface area contributed by atoms with Crippen LogP contribution in [0.5, 0.6) is 0 Å². The van der Waals surface area contributed by atoms with Crippen molar-refractivity contribution in [2.75, 3.05) is 0 Å². The molecule has 0 saturated heterocycles. The molecule has 54 valence electrons. The molecule has 0 aromatic heterocycles. The van der Waals surface area contributed by atoms with Crippen molar-refractivity contribution in [2.24, 2.45) is 5.73 Å². The van der Waals surface area contributed by atoms with E-state index in [1.807, 2.05) is 0 Å². The largest absolute Gasteiger partial charge is 0.478 e. The van der Waals surface area contributed by atoms with Crippen LogP contribution in [0.15, 0.2) is 23.8 Å². The van der Waals surface area contributed by atoms with Gasteiger partial charge in [-0.3, -0.25) is 0 Å². The summed E-state index contributed by atoms with van der Waals surface area (Å²) in [5, 5.41) is 8.48. The first kappa shape index (κ1) is 7.02. The minimum absolute atomic E-state index is 0.129. The smallest absolute Gasteiger partial charge is 0.335 e. The fraction of sp³-hybridized carbons (Fsp3) is 0.286. The van der Waals surface area contributed by atoms with Gasteiger partial charge in [0.15, 0.2) is 0 Å². The van der Waals surface area contributed by atoms with E-state index in [0.29, 0.717) is 5.57 Å². The van der Waals surface area contributed by atoms with Crippen molar-refractivity contribution in [2.45, 2.75) is 12.5 Å². The third-order valence-corrected chi connectivity index (χ3v) is 1.35. The monoisotopic (exact) mass is 139 g/mol. The summed E-state index contributed by atoms with van der Waals surface area (Å²) >= 11 is 0. The van der Waals surface area contributed by atoms with E-state index in [2.05, 4.69) is 0 Å².